The third kappa shape index (κ3) is 4.45. The van der Waals surface area contributed by atoms with Gasteiger partial charge in [-0.15, -0.1) is 4.94 Å². The Morgan fingerprint density at radius 3 is 2.55 bits per heavy atom. The standard InChI is InChI=1S/C17H16BrFN6O4/c18-13-9-12(5-6-14(13)19)23-15(16(20)21)17(22)25(29-23)28-8-7-10-1-3-11(4-2-10)24(26)27/h1-6,9,22H,7-8,20-21H2. The maximum Gasteiger partial charge on any atom is 0.269 e. The number of nitro groups is 1. The molecule has 5 N–H and O–H groups in total. The fraction of sp³-hybridized carbons (Fsp3) is 0.118. The lowest BCUT2D eigenvalue weighted by molar-refractivity contribution is -0.384. The molecule has 3 rings (SSSR count). The van der Waals surface area contributed by atoms with E-state index in [1.54, 1.807) is 12.1 Å². The summed E-state index contributed by atoms with van der Waals surface area (Å²) in [4.78, 5) is 21.2. The summed E-state index contributed by atoms with van der Waals surface area (Å²) in [6.07, 6.45) is 0.407. The van der Waals surface area contributed by atoms with Crippen molar-refractivity contribution in [1.82, 2.24) is 5.23 Å². The predicted octanol–water partition coefficient (Wildman–Crippen LogP) is 2.70. The summed E-state index contributed by atoms with van der Waals surface area (Å²) >= 11 is 3.09. The van der Waals surface area contributed by atoms with Gasteiger partial charge in [-0.3, -0.25) is 15.5 Å². The minimum absolute atomic E-state index is 0.00590. The number of non-ortho nitro benzene ring substituents is 1. The minimum atomic E-state index is -0.479. The van der Waals surface area contributed by atoms with Crippen LogP contribution in [-0.4, -0.2) is 22.6 Å². The average molecular weight is 467 g/mol. The van der Waals surface area contributed by atoms with E-state index in [2.05, 4.69) is 15.9 Å². The van der Waals surface area contributed by atoms with Crippen LogP contribution in [0, 0.1) is 21.3 Å². The number of amidine groups is 1. The SMILES string of the molecule is N=C1C(=C(N)N)N(c2ccc(F)c(Br)c2)ON1OCCc1ccc([N+](=O)[O-])cc1. The van der Waals surface area contributed by atoms with Gasteiger partial charge in [-0.05, 0) is 46.1 Å². The molecule has 0 aliphatic carbocycles. The smallest absolute Gasteiger partial charge is 0.269 e. The molecule has 29 heavy (non-hydrogen) atoms. The largest absolute Gasteiger partial charge is 0.384 e. The highest BCUT2D eigenvalue weighted by molar-refractivity contribution is 9.10. The van der Waals surface area contributed by atoms with Crippen LogP contribution >= 0.6 is 15.9 Å². The molecule has 2 aromatic carbocycles. The number of halogens is 2. The molecular formula is C17H16BrFN6O4. The fourth-order valence-corrected chi connectivity index (χ4v) is 2.87. The molecule has 2 aromatic rings. The zero-order valence-electron chi connectivity index (χ0n) is 14.8. The molecule has 12 heteroatoms. The number of anilines is 1. The van der Waals surface area contributed by atoms with Gasteiger partial charge in [-0.2, -0.15) is 5.06 Å². The monoisotopic (exact) mass is 466 g/mol. The third-order valence-corrected chi connectivity index (χ3v) is 4.53. The van der Waals surface area contributed by atoms with E-state index in [9.17, 15) is 14.5 Å². The number of hydrogen-bond donors (Lipinski definition) is 3. The van der Waals surface area contributed by atoms with Crippen LogP contribution in [0.3, 0.4) is 0 Å². The maximum absolute atomic E-state index is 13.5. The van der Waals surface area contributed by atoms with E-state index in [1.807, 2.05) is 0 Å². The first-order valence-electron chi connectivity index (χ1n) is 8.21. The van der Waals surface area contributed by atoms with Gasteiger partial charge in [0.1, 0.15) is 11.6 Å². The van der Waals surface area contributed by atoms with Crippen molar-refractivity contribution >= 4 is 33.1 Å². The molecule has 0 bridgehead atoms. The van der Waals surface area contributed by atoms with Gasteiger partial charge < -0.3 is 11.5 Å². The second kappa shape index (κ2) is 8.43. The Labute approximate surface area is 172 Å². The molecule has 1 aliphatic rings. The van der Waals surface area contributed by atoms with Gasteiger partial charge in [0.2, 0.25) is 5.84 Å². The molecule has 0 radical (unpaired) electrons. The number of rotatable bonds is 6. The van der Waals surface area contributed by atoms with Crippen molar-refractivity contribution in [2.75, 3.05) is 11.7 Å². The van der Waals surface area contributed by atoms with Crippen molar-refractivity contribution in [3.05, 3.63) is 80.0 Å². The van der Waals surface area contributed by atoms with Gasteiger partial charge in [0.15, 0.2) is 5.70 Å². The Bertz CT molecular complexity index is 980. The molecule has 10 nitrogen and oxygen atoms in total. The van der Waals surface area contributed by atoms with Crippen LogP contribution in [0.4, 0.5) is 15.8 Å². The van der Waals surface area contributed by atoms with Crippen molar-refractivity contribution in [2.24, 2.45) is 11.5 Å². The molecule has 1 aliphatic heterocycles. The van der Waals surface area contributed by atoms with Gasteiger partial charge in [-0.1, -0.05) is 17.4 Å². The lowest BCUT2D eigenvalue weighted by Crippen LogP contribution is -2.26. The van der Waals surface area contributed by atoms with Crippen molar-refractivity contribution in [1.29, 1.82) is 5.41 Å². The van der Waals surface area contributed by atoms with Crippen molar-refractivity contribution in [3.8, 4) is 0 Å². The Balaban J connectivity index is 1.68. The molecule has 0 unspecified atom stereocenters. The molecular weight excluding hydrogens is 451 g/mol. The summed E-state index contributed by atoms with van der Waals surface area (Å²) in [5, 5.41) is 20.9. The van der Waals surface area contributed by atoms with E-state index in [4.69, 9.17) is 26.7 Å². The topological polar surface area (TPSA) is 144 Å². The molecule has 152 valence electrons. The van der Waals surface area contributed by atoms with Gasteiger partial charge >= 0.3 is 0 Å². The first-order chi connectivity index (χ1) is 13.8. The number of nitrogens with zero attached hydrogens (tertiary/aromatic N) is 3. The highest BCUT2D eigenvalue weighted by Crippen LogP contribution is 2.31. The Morgan fingerprint density at radius 1 is 1.28 bits per heavy atom. The zero-order chi connectivity index (χ0) is 21.1. The normalized spacial score (nSPS) is 13.9. The predicted molar refractivity (Wildman–Crippen MR) is 105 cm³/mol. The van der Waals surface area contributed by atoms with Crippen LogP contribution < -0.4 is 16.5 Å². The fourth-order valence-electron chi connectivity index (χ4n) is 2.50. The van der Waals surface area contributed by atoms with E-state index < -0.39 is 10.7 Å². The number of nitrogens with one attached hydrogen (secondary N) is 1. The van der Waals surface area contributed by atoms with Crippen LogP contribution in [0.15, 0.2) is 58.5 Å². The van der Waals surface area contributed by atoms with E-state index in [1.165, 1.54) is 30.3 Å². The minimum Gasteiger partial charge on any atom is -0.384 e. The first kappa shape index (κ1) is 20.5. The summed E-state index contributed by atoms with van der Waals surface area (Å²) in [5.74, 6) is -0.892. The second-order valence-corrected chi connectivity index (χ2v) is 6.75. The summed E-state index contributed by atoms with van der Waals surface area (Å²) in [7, 11) is 0. The number of nitro benzene ring substituents is 1. The molecule has 1 saturated heterocycles. The van der Waals surface area contributed by atoms with Crippen LogP contribution in [-0.2, 0) is 16.2 Å². The van der Waals surface area contributed by atoms with Crippen molar-refractivity contribution in [3.63, 3.8) is 0 Å². The van der Waals surface area contributed by atoms with Crippen molar-refractivity contribution < 1.29 is 19.1 Å². The van der Waals surface area contributed by atoms with Crippen LogP contribution in [0.25, 0.3) is 0 Å². The average Bonchev–Trinajstić information content (AvgIpc) is 3.01. The van der Waals surface area contributed by atoms with Crippen LogP contribution in [0.1, 0.15) is 5.56 Å². The van der Waals surface area contributed by atoms with Crippen LogP contribution in [0.2, 0.25) is 0 Å². The van der Waals surface area contributed by atoms with E-state index >= 15 is 0 Å². The Kier molecular flexibility index (Phi) is 5.96. The highest BCUT2D eigenvalue weighted by Gasteiger charge is 2.36. The summed E-state index contributed by atoms with van der Waals surface area (Å²) in [5.41, 5.74) is 12.6. The third-order valence-electron chi connectivity index (χ3n) is 3.92. The molecule has 1 fully saturated rings. The summed E-state index contributed by atoms with van der Waals surface area (Å²) in [6, 6.07) is 10.1. The lowest BCUT2D eigenvalue weighted by atomic mass is 10.1. The molecule has 0 spiro atoms. The van der Waals surface area contributed by atoms with E-state index in [0.717, 1.165) is 15.9 Å². The maximum atomic E-state index is 13.5. The van der Waals surface area contributed by atoms with Gasteiger partial charge in [0.25, 0.3) is 5.69 Å². The number of hydrogen-bond acceptors (Lipinski definition) is 8. The Hall–Kier alpha value is -3.22. The highest BCUT2D eigenvalue weighted by atomic mass is 79.9. The molecule has 0 atom stereocenters. The van der Waals surface area contributed by atoms with Gasteiger partial charge in [0.05, 0.1) is 21.7 Å². The van der Waals surface area contributed by atoms with Gasteiger partial charge in [0, 0.05) is 12.1 Å². The van der Waals surface area contributed by atoms with Gasteiger partial charge in [-0.25, -0.2) is 9.23 Å². The number of benzene rings is 2. The lowest BCUT2D eigenvalue weighted by Gasteiger charge is -2.18. The summed E-state index contributed by atoms with van der Waals surface area (Å²) in [6.45, 7) is 0.110. The van der Waals surface area contributed by atoms with Crippen LogP contribution in [0.5, 0.6) is 0 Å². The second-order valence-electron chi connectivity index (χ2n) is 5.89. The molecule has 1 heterocycles. The summed E-state index contributed by atoms with van der Waals surface area (Å²) < 4.78 is 13.7. The first-order valence-corrected chi connectivity index (χ1v) is 9.01. The quantitative estimate of drug-likeness (QED) is 0.435. The zero-order valence-corrected chi connectivity index (χ0v) is 16.4. The molecule has 0 saturated carbocycles. The van der Waals surface area contributed by atoms with Crippen molar-refractivity contribution in [2.45, 2.75) is 6.42 Å². The Morgan fingerprint density at radius 2 is 1.97 bits per heavy atom. The number of nitrogens with two attached hydrogens (primary N) is 2. The number of hydroxylamine groups is 3. The molecule has 0 amide bonds. The van der Waals surface area contributed by atoms with E-state index in [-0.39, 0.29) is 34.1 Å². The van der Waals surface area contributed by atoms with E-state index in [0.29, 0.717) is 12.1 Å². The molecule has 0 aromatic heterocycles.